The molecule has 2 nitrogen and oxygen atoms in total. The molecule has 5 aromatic rings. The number of furan rings is 1. The number of pyridine rings is 1. The molecule has 0 aliphatic heterocycles. The van der Waals surface area contributed by atoms with Crippen LogP contribution in [-0.4, -0.2) is 0 Å². The Kier molecular flexibility index (Phi) is 4.48. The maximum absolute atomic E-state index is 6.36. The number of nitrogens with zero attached hydrogens (tertiary/aromatic N) is 1. The molecule has 0 radical (unpaired) electrons. The summed E-state index contributed by atoms with van der Waals surface area (Å²) in [5.74, 6) is 0. The average Bonchev–Trinajstić information content (AvgIpc) is 3.12. The lowest BCUT2D eigenvalue weighted by atomic mass is 9.86. The lowest BCUT2D eigenvalue weighted by Crippen LogP contribution is -2.30. The number of rotatable bonds is 2. The third-order valence-electron chi connectivity index (χ3n) is 6.25. The molecule has 5 rings (SSSR count). The van der Waals surface area contributed by atoms with Gasteiger partial charge in [0, 0.05) is 22.9 Å². The van der Waals surface area contributed by atoms with E-state index in [1.807, 2.05) is 12.1 Å². The molecule has 0 saturated heterocycles. The summed E-state index contributed by atoms with van der Waals surface area (Å²) in [5, 5.41) is 2.33. The van der Waals surface area contributed by atoms with Crippen molar-refractivity contribution in [2.45, 2.75) is 33.1 Å². The first-order valence-corrected chi connectivity index (χ1v) is 10.8. The predicted molar refractivity (Wildman–Crippen MR) is 129 cm³/mol. The van der Waals surface area contributed by atoms with Gasteiger partial charge in [0.2, 0.25) is 5.69 Å². The Morgan fingerprint density at radius 2 is 1.52 bits per heavy atom. The number of benzene rings is 3. The van der Waals surface area contributed by atoms with Crippen LogP contribution in [0.3, 0.4) is 0 Å². The Labute approximate surface area is 183 Å². The van der Waals surface area contributed by atoms with Crippen LogP contribution in [-0.2, 0) is 12.5 Å². The summed E-state index contributed by atoms with van der Waals surface area (Å²) in [7, 11) is 2.10. The van der Waals surface area contributed by atoms with Crippen LogP contribution in [0.1, 0.15) is 31.9 Å². The second-order valence-corrected chi connectivity index (χ2v) is 9.47. The van der Waals surface area contributed by atoms with Crippen molar-refractivity contribution in [2.24, 2.45) is 7.05 Å². The van der Waals surface area contributed by atoms with Crippen LogP contribution >= 0.6 is 0 Å². The second-order valence-electron chi connectivity index (χ2n) is 9.47. The van der Waals surface area contributed by atoms with Crippen molar-refractivity contribution in [3.05, 3.63) is 90.1 Å². The molecule has 0 spiro atoms. The summed E-state index contributed by atoms with van der Waals surface area (Å²) in [6.45, 7) is 8.91. The number of aryl methyl sites for hydroxylation is 2. The van der Waals surface area contributed by atoms with E-state index in [-0.39, 0.29) is 5.41 Å². The number of fused-ring (bicyclic) bond motifs is 3. The Balaban J connectivity index is 1.70. The topological polar surface area (TPSA) is 17.0 Å². The SMILES string of the molecule is Cc1ccc2c(oc3ccccc32)c1-c1cc(-c2ccc(C(C)(C)C)cc2)cc[n+]1C. The first-order valence-electron chi connectivity index (χ1n) is 10.8. The van der Waals surface area contributed by atoms with E-state index in [9.17, 15) is 0 Å². The van der Waals surface area contributed by atoms with Gasteiger partial charge in [-0.15, -0.1) is 0 Å². The zero-order valence-corrected chi connectivity index (χ0v) is 18.9. The molecule has 0 N–H and O–H groups in total. The summed E-state index contributed by atoms with van der Waals surface area (Å²) in [4.78, 5) is 0. The van der Waals surface area contributed by atoms with E-state index in [0.717, 1.165) is 33.2 Å². The maximum Gasteiger partial charge on any atom is 0.216 e. The smallest absolute Gasteiger partial charge is 0.216 e. The molecule has 0 atom stereocenters. The lowest BCUT2D eigenvalue weighted by molar-refractivity contribution is -0.660. The van der Waals surface area contributed by atoms with Crippen molar-refractivity contribution in [1.82, 2.24) is 0 Å². The van der Waals surface area contributed by atoms with Gasteiger partial charge in [0.1, 0.15) is 18.2 Å². The number of aromatic nitrogens is 1. The molecule has 31 heavy (non-hydrogen) atoms. The predicted octanol–water partition coefficient (Wildman–Crippen LogP) is 7.35. The van der Waals surface area contributed by atoms with E-state index in [4.69, 9.17) is 4.42 Å². The number of hydrogen-bond donors (Lipinski definition) is 0. The molecule has 0 unspecified atom stereocenters. The van der Waals surface area contributed by atoms with Gasteiger partial charge in [-0.3, -0.25) is 0 Å². The molecular formula is C29H28NO+. The molecule has 0 amide bonds. The quantitative estimate of drug-likeness (QED) is 0.280. The molecule has 0 aliphatic rings. The van der Waals surface area contributed by atoms with Gasteiger partial charge >= 0.3 is 0 Å². The van der Waals surface area contributed by atoms with Crippen LogP contribution in [0.2, 0.25) is 0 Å². The van der Waals surface area contributed by atoms with Crippen molar-refractivity contribution in [2.75, 3.05) is 0 Å². The molecular weight excluding hydrogens is 378 g/mol. The lowest BCUT2D eigenvalue weighted by Gasteiger charge is -2.19. The summed E-state index contributed by atoms with van der Waals surface area (Å²) in [5.41, 5.74) is 9.34. The van der Waals surface area contributed by atoms with Gasteiger partial charge in [0.15, 0.2) is 6.20 Å². The van der Waals surface area contributed by atoms with Crippen LogP contribution in [0.25, 0.3) is 44.3 Å². The summed E-state index contributed by atoms with van der Waals surface area (Å²) in [6, 6.07) is 26.1. The molecule has 0 fully saturated rings. The molecule has 2 aromatic heterocycles. The van der Waals surface area contributed by atoms with Crippen LogP contribution in [0.4, 0.5) is 0 Å². The molecule has 3 aromatic carbocycles. The minimum Gasteiger partial charge on any atom is -0.455 e. The Morgan fingerprint density at radius 1 is 0.774 bits per heavy atom. The molecule has 0 bridgehead atoms. The Hall–Kier alpha value is -3.39. The zero-order chi connectivity index (χ0) is 21.8. The van der Waals surface area contributed by atoms with E-state index in [1.54, 1.807) is 0 Å². The third-order valence-corrected chi connectivity index (χ3v) is 6.25. The van der Waals surface area contributed by atoms with Crippen molar-refractivity contribution >= 4 is 21.9 Å². The highest BCUT2D eigenvalue weighted by molar-refractivity contribution is 6.09. The fourth-order valence-corrected chi connectivity index (χ4v) is 4.37. The molecule has 154 valence electrons. The van der Waals surface area contributed by atoms with E-state index < -0.39 is 0 Å². The normalized spacial score (nSPS) is 12.0. The van der Waals surface area contributed by atoms with E-state index in [0.29, 0.717) is 0 Å². The number of para-hydroxylation sites is 1. The highest BCUT2D eigenvalue weighted by Crippen LogP contribution is 2.37. The van der Waals surface area contributed by atoms with E-state index in [1.165, 1.54) is 22.3 Å². The third kappa shape index (κ3) is 3.33. The minimum absolute atomic E-state index is 0.154. The summed E-state index contributed by atoms with van der Waals surface area (Å²) >= 11 is 0. The summed E-state index contributed by atoms with van der Waals surface area (Å²) in [6.07, 6.45) is 2.14. The molecule has 2 heteroatoms. The van der Waals surface area contributed by atoms with E-state index >= 15 is 0 Å². The van der Waals surface area contributed by atoms with Crippen molar-refractivity contribution in [3.63, 3.8) is 0 Å². The summed E-state index contributed by atoms with van der Waals surface area (Å²) < 4.78 is 8.54. The monoisotopic (exact) mass is 406 g/mol. The van der Waals surface area contributed by atoms with Crippen LogP contribution in [0.5, 0.6) is 0 Å². The van der Waals surface area contributed by atoms with Crippen LogP contribution < -0.4 is 4.57 Å². The minimum atomic E-state index is 0.154. The second kappa shape index (κ2) is 7.09. The van der Waals surface area contributed by atoms with Gasteiger partial charge in [-0.05, 0) is 40.7 Å². The maximum atomic E-state index is 6.36. The van der Waals surface area contributed by atoms with Gasteiger partial charge < -0.3 is 4.42 Å². The van der Waals surface area contributed by atoms with Gasteiger partial charge in [-0.1, -0.05) is 75.4 Å². The van der Waals surface area contributed by atoms with Crippen LogP contribution in [0, 0.1) is 6.92 Å². The molecule has 0 saturated carbocycles. The van der Waals surface area contributed by atoms with Crippen LogP contribution in [0.15, 0.2) is 83.4 Å². The fourth-order valence-electron chi connectivity index (χ4n) is 4.37. The largest absolute Gasteiger partial charge is 0.455 e. The standard InChI is InChI=1S/C29H28NO/c1-19-10-15-24-23-8-6-7-9-26(23)31-28(24)27(19)25-18-21(16-17-30(25)5)20-11-13-22(14-12-20)29(2,3)4/h6-18H,1-5H3/q+1. The number of hydrogen-bond acceptors (Lipinski definition) is 1. The van der Waals surface area contributed by atoms with Gasteiger partial charge in [-0.2, -0.15) is 0 Å². The van der Waals surface area contributed by atoms with Gasteiger partial charge in [-0.25, -0.2) is 4.57 Å². The highest BCUT2D eigenvalue weighted by atomic mass is 16.3. The zero-order valence-electron chi connectivity index (χ0n) is 18.9. The van der Waals surface area contributed by atoms with E-state index in [2.05, 4.69) is 106 Å². The molecule has 2 heterocycles. The van der Waals surface area contributed by atoms with Gasteiger partial charge in [0.25, 0.3) is 0 Å². The fraction of sp³-hybridized carbons (Fsp3) is 0.207. The van der Waals surface area contributed by atoms with Crippen molar-refractivity contribution < 1.29 is 8.98 Å². The Bertz CT molecular complexity index is 1420. The molecule has 0 aliphatic carbocycles. The van der Waals surface area contributed by atoms with Crippen molar-refractivity contribution in [3.8, 4) is 22.4 Å². The first kappa shape index (κ1) is 19.6. The van der Waals surface area contributed by atoms with Crippen molar-refractivity contribution in [1.29, 1.82) is 0 Å². The highest BCUT2D eigenvalue weighted by Gasteiger charge is 2.21. The first-order chi connectivity index (χ1) is 14.8. The van der Waals surface area contributed by atoms with Gasteiger partial charge in [0.05, 0.1) is 5.56 Å². The Morgan fingerprint density at radius 3 is 2.26 bits per heavy atom. The average molecular weight is 407 g/mol.